The molecular weight excluding hydrogens is 476 g/mol. The van der Waals surface area contributed by atoms with Gasteiger partial charge in [-0.1, -0.05) is 31.1 Å². The minimum atomic E-state index is -2.63. The van der Waals surface area contributed by atoms with Crippen LogP contribution in [0.25, 0.3) is 11.8 Å². The number of amides is 1. The van der Waals surface area contributed by atoms with E-state index < -0.39 is 58.0 Å². The number of aliphatic hydroxyl groups excluding tert-OH is 2. The lowest BCUT2D eigenvalue weighted by Gasteiger charge is -2.50. The van der Waals surface area contributed by atoms with Gasteiger partial charge in [0.2, 0.25) is 5.78 Å². The molecule has 9 heteroatoms. The van der Waals surface area contributed by atoms with Crippen LogP contribution in [0.3, 0.4) is 0 Å². The molecule has 0 radical (unpaired) electrons. The smallest absolute Gasteiger partial charge is 0.255 e. The highest BCUT2D eigenvalue weighted by Gasteiger charge is 2.64. The van der Waals surface area contributed by atoms with Gasteiger partial charge in [0.1, 0.15) is 22.8 Å². The van der Waals surface area contributed by atoms with Crippen LogP contribution in [-0.2, 0) is 20.8 Å². The number of Topliss-reactive ketones (excluding diaryl/α,β-unsaturated/α-hetero) is 2. The Bertz CT molecular complexity index is 1290. The van der Waals surface area contributed by atoms with E-state index in [0.29, 0.717) is 5.56 Å². The predicted octanol–water partition coefficient (Wildman–Crippen LogP) is 2.56. The maximum absolute atomic E-state index is 13.8. The molecule has 4 unspecified atom stereocenters. The van der Waals surface area contributed by atoms with Crippen LogP contribution in [0.15, 0.2) is 34.6 Å². The number of phenols is 1. The molecule has 0 bridgehead atoms. The minimum absolute atomic E-state index is 0.0688. The fraction of sp³-hybridized carbons (Fsp3) is 0.464. The maximum Gasteiger partial charge on any atom is 0.255 e. The summed E-state index contributed by atoms with van der Waals surface area (Å²) in [5, 5.41) is 44.5. The van der Waals surface area contributed by atoms with Gasteiger partial charge in [0, 0.05) is 11.5 Å². The number of unbranched alkanes of at least 4 members (excludes halogenated alkanes) is 1. The zero-order chi connectivity index (χ0) is 27.4. The second kappa shape index (κ2) is 9.46. The first-order chi connectivity index (χ1) is 17.4. The van der Waals surface area contributed by atoms with Gasteiger partial charge in [-0.2, -0.15) is 0 Å². The largest absolute Gasteiger partial charge is 0.508 e. The first-order valence-corrected chi connectivity index (χ1v) is 12.5. The lowest BCUT2D eigenvalue weighted by molar-refractivity contribution is -0.153. The molecule has 1 fully saturated rings. The van der Waals surface area contributed by atoms with E-state index in [1.165, 1.54) is 11.0 Å². The number of hydrogen-bond acceptors (Lipinski definition) is 8. The molecule has 198 valence electrons. The quantitative estimate of drug-likeness (QED) is 0.365. The third kappa shape index (κ3) is 3.97. The summed E-state index contributed by atoms with van der Waals surface area (Å²) in [5.74, 6) is -6.49. The standard InChI is InChI=1S/C28H34N2O7/c1-5-6-7-13(2)10-14-8-9-18(31)20-16(14)11-15-12-17-22(30(3)4)24(33)21(27(29)36)26(35)28(17,37)25(34)19(15)23(20)32/h8-10,15,17,22,31-32,35,37H,5-7,11-12H2,1-4H3,(H2,29,36)/b13-10+. The molecule has 0 aliphatic heterocycles. The van der Waals surface area contributed by atoms with Crippen molar-refractivity contribution in [3.8, 4) is 5.75 Å². The Morgan fingerprint density at radius 2 is 1.89 bits per heavy atom. The Morgan fingerprint density at radius 3 is 2.49 bits per heavy atom. The Kier molecular flexibility index (Phi) is 6.81. The van der Waals surface area contributed by atoms with Gasteiger partial charge in [0.05, 0.1) is 11.6 Å². The molecule has 0 saturated heterocycles. The summed E-state index contributed by atoms with van der Waals surface area (Å²) in [5.41, 5.74) is 4.47. The predicted molar refractivity (Wildman–Crippen MR) is 137 cm³/mol. The molecule has 0 heterocycles. The molecule has 6 N–H and O–H groups in total. The van der Waals surface area contributed by atoms with Crippen LogP contribution in [0.2, 0.25) is 0 Å². The van der Waals surface area contributed by atoms with Crippen LogP contribution in [0.4, 0.5) is 0 Å². The summed E-state index contributed by atoms with van der Waals surface area (Å²) < 4.78 is 0. The topological polar surface area (TPSA) is 161 Å². The first kappa shape index (κ1) is 26.6. The van der Waals surface area contributed by atoms with Gasteiger partial charge in [0.25, 0.3) is 5.91 Å². The molecule has 1 aromatic carbocycles. The van der Waals surface area contributed by atoms with Gasteiger partial charge < -0.3 is 26.2 Å². The van der Waals surface area contributed by atoms with Crippen LogP contribution >= 0.6 is 0 Å². The average molecular weight is 511 g/mol. The average Bonchev–Trinajstić information content (AvgIpc) is 2.81. The number of nitrogens with zero attached hydrogens (tertiary/aromatic N) is 1. The van der Waals surface area contributed by atoms with E-state index in [1.54, 1.807) is 20.2 Å². The van der Waals surface area contributed by atoms with Crippen molar-refractivity contribution >= 4 is 29.3 Å². The van der Waals surface area contributed by atoms with E-state index in [9.17, 15) is 34.8 Å². The minimum Gasteiger partial charge on any atom is -0.508 e. The number of carbonyl (C=O) groups excluding carboxylic acids is 3. The number of phenolic OH excluding ortho intramolecular Hbond substituents is 1. The van der Waals surface area contributed by atoms with E-state index in [4.69, 9.17) is 5.73 Å². The van der Waals surface area contributed by atoms with E-state index in [-0.39, 0.29) is 29.7 Å². The summed E-state index contributed by atoms with van der Waals surface area (Å²) in [6.07, 6.45) is 5.32. The monoisotopic (exact) mass is 510 g/mol. The molecule has 1 aromatic rings. The van der Waals surface area contributed by atoms with E-state index >= 15 is 0 Å². The van der Waals surface area contributed by atoms with Gasteiger partial charge in [-0.25, -0.2) is 0 Å². The lowest BCUT2D eigenvalue weighted by atomic mass is 9.57. The molecule has 3 aliphatic rings. The molecule has 4 atom stereocenters. The number of primary amides is 1. The van der Waals surface area contributed by atoms with Crippen LogP contribution in [0, 0.1) is 11.8 Å². The Balaban J connectivity index is 1.92. The number of nitrogens with two attached hydrogens (primary N) is 1. The van der Waals surface area contributed by atoms with Gasteiger partial charge in [-0.15, -0.1) is 0 Å². The summed E-state index contributed by atoms with van der Waals surface area (Å²) in [7, 11) is 3.15. The summed E-state index contributed by atoms with van der Waals surface area (Å²) in [6.45, 7) is 4.13. The molecule has 0 spiro atoms. The number of benzene rings is 1. The number of aromatic hydroxyl groups is 1. The third-order valence-corrected chi connectivity index (χ3v) is 7.97. The highest BCUT2D eigenvalue weighted by Crippen LogP contribution is 2.53. The first-order valence-electron chi connectivity index (χ1n) is 12.5. The van der Waals surface area contributed by atoms with Gasteiger partial charge >= 0.3 is 0 Å². The number of aliphatic hydroxyl groups is 3. The van der Waals surface area contributed by atoms with Crippen molar-refractivity contribution in [2.75, 3.05) is 14.1 Å². The number of allylic oxidation sites excluding steroid dienone is 1. The number of likely N-dealkylation sites (N-methyl/N-ethyl adjacent to an activating group) is 1. The van der Waals surface area contributed by atoms with Crippen molar-refractivity contribution in [3.05, 3.63) is 51.3 Å². The van der Waals surface area contributed by atoms with Gasteiger partial charge in [0.15, 0.2) is 11.4 Å². The maximum atomic E-state index is 13.8. The van der Waals surface area contributed by atoms with Crippen molar-refractivity contribution in [1.29, 1.82) is 0 Å². The normalized spacial score (nSPS) is 27.8. The Labute approximate surface area is 215 Å². The number of hydrogen-bond donors (Lipinski definition) is 5. The number of ketones is 2. The van der Waals surface area contributed by atoms with Crippen LogP contribution in [0.5, 0.6) is 5.75 Å². The molecule has 37 heavy (non-hydrogen) atoms. The second-order valence-electron chi connectivity index (χ2n) is 10.6. The van der Waals surface area contributed by atoms with Crippen molar-refractivity contribution in [3.63, 3.8) is 0 Å². The van der Waals surface area contributed by atoms with Crippen LogP contribution < -0.4 is 5.73 Å². The Hall–Kier alpha value is -3.43. The number of rotatable bonds is 6. The summed E-state index contributed by atoms with van der Waals surface area (Å²) >= 11 is 0. The number of fused-ring (bicyclic) bond motifs is 3. The molecule has 1 saturated carbocycles. The molecule has 9 nitrogen and oxygen atoms in total. The zero-order valence-electron chi connectivity index (χ0n) is 21.5. The van der Waals surface area contributed by atoms with Crippen molar-refractivity contribution < 1.29 is 34.8 Å². The van der Waals surface area contributed by atoms with E-state index in [1.807, 2.05) is 13.0 Å². The molecule has 1 amide bonds. The number of carbonyl (C=O) groups is 3. The molecule has 3 aliphatic carbocycles. The fourth-order valence-electron chi connectivity index (χ4n) is 6.20. The van der Waals surface area contributed by atoms with Crippen molar-refractivity contribution in [1.82, 2.24) is 4.90 Å². The zero-order valence-corrected chi connectivity index (χ0v) is 21.5. The molecule has 0 aromatic heterocycles. The third-order valence-electron chi connectivity index (χ3n) is 7.97. The van der Waals surface area contributed by atoms with E-state index in [0.717, 1.165) is 30.4 Å². The SMILES string of the molecule is CCCC/C(C)=C/c1ccc(O)c2c1CC1CC3C(N(C)C)C(=O)C(C(N)=O)=C(O)C3(O)C(=O)C1=C2O. The fourth-order valence-corrected chi connectivity index (χ4v) is 6.20. The van der Waals surface area contributed by atoms with Crippen LogP contribution in [0.1, 0.15) is 56.2 Å². The Morgan fingerprint density at radius 1 is 1.22 bits per heavy atom. The van der Waals surface area contributed by atoms with Crippen LogP contribution in [-0.4, -0.2) is 68.5 Å². The summed E-state index contributed by atoms with van der Waals surface area (Å²) in [4.78, 5) is 40.6. The van der Waals surface area contributed by atoms with Gasteiger partial charge in [-0.05, 0) is 69.8 Å². The second-order valence-corrected chi connectivity index (χ2v) is 10.6. The highest BCUT2D eigenvalue weighted by molar-refractivity contribution is 6.24. The highest BCUT2D eigenvalue weighted by atomic mass is 16.3. The summed E-state index contributed by atoms with van der Waals surface area (Å²) in [6, 6.07) is 2.12. The van der Waals surface area contributed by atoms with E-state index in [2.05, 4.69) is 6.92 Å². The molecular formula is C28H34N2O7. The van der Waals surface area contributed by atoms with Crippen molar-refractivity contribution in [2.24, 2.45) is 17.6 Å². The molecule has 4 rings (SSSR count). The van der Waals surface area contributed by atoms with Gasteiger partial charge in [-0.3, -0.25) is 19.3 Å². The van der Waals surface area contributed by atoms with Crippen molar-refractivity contribution in [2.45, 2.75) is 57.6 Å². The lowest BCUT2D eigenvalue weighted by Crippen LogP contribution is -2.65.